The van der Waals surface area contributed by atoms with Crippen LogP contribution in [0.2, 0.25) is 0 Å². The number of nitrogens with one attached hydrogen (secondary N) is 3. The van der Waals surface area contributed by atoms with Crippen LogP contribution in [-0.2, 0) is 22.4 Å². The van der Waals surface area contributed by atoms with Gasteiger partial charge in [-0.15, -0.1) is 0 Å². The molecule has 1 unspecified atom stereocenters. The fourth-order valence-electron chi connectivity index (χ4n) is 4.11. The number of carbonyl (C=O) groups is 3. The SMILES string of the molecule is NNC=Nc1cccc(C(=O)NCC(=O)NC(Cc2ccc3c(c2)Cc2ccccc2-3)C(=O)O)c1. The summed E-state index contributed by atoms with van der Waals surface area (Å²) in [5.74, 6) is 2.92. The van der Waals surface area contributed by atoms with Crippen LogP contribution in [0.4, 0.5) is 5.69 Å². The van der Waals surface area contributed by atoms with E-state index in [1.165, 1.54) is 23.5 Å². The van der Waals surface area contributed by atoms with Gasteiger partial charge in [-0.2, -0.15) is 0 Å². The molecule has 0 saturated heterocycles. The summed E-state index contributed by atoms with van der Waals surface area (Å²) in [4.78, 5) is 40.6. The minimum Gasteiger partial charge on any atom is -0.480 e. The zero-order valence-electron chi connectivity index (χ0n) is 18.8. The Kier molecular flexibility index (Phi) is 7.18. The van der Waals surface area contributed by atoms with Crippen LogP contribution in [0.1, 0.15) is 27.0 Å². The van der Waals surface area contributed by atoms with Crippen LogP contribution in [0.15, 0.2) is 71.7 Å². The Labute approximate surface area is 202 Å². The molecule has 9 heteroatoms. The molecule has 6 N–H and O–H groups in total. The van der Waals surface area contributed by atoms with Crippen molar-refractivity contribution in [3.63, 3.8) is 0 Å². The number of carboxylic acids is 1. The highest BCUT2D eigenvalue weighted by molar-refractivity contribution is 5.97. The molecule has 0 spiro atoms. The molecule has 3 aromatic rings. The van der Waals surface area contributed by atoms with E-state index in [0.29, 0.717) is 11.3 Å². The number of nitrogens with zero attached hydrogens (tertiary/aromatic N) is 1. The van der Waals surface area contributed by atoms with E-state index in [1.807, 2.05) is 30.3 Å². The van der Waals surface area contributed by atoms with Gasteiger partial charge in [-0.1, -0.05) is 48.5 Å². The first-order chi connectivity index (χ1) is 16.9. The quantitative estimate of drug-likeness (QED) is 0.109. The molecule has 0 heterocycles. The third kappa shape index (κ3) is 5.71. The van der Waals surface area contributed by atoms with Crippen molar-refractivity contribution in [3.05, 3.63) is 89.0 Å². The maximum Gasteiger partial charge on any atom is 0.326 e. The van der Waals surface area contributed by atoms with E-state index in [9.17, 15) is 19.5 Å². The third-order valence-electron chi connectivity index (χ3n) is 5.74. The van der Waals surface area contributed by atoms with Gasteiger partial charge >= 0.3 is 5.97 Å². The fraction of sp³-hybridized carbons (Fsp3) is 0.154. The number of nitrogens with two attached hydrogens (primary N) is 1. The van der Waals surface area contributed by atoms with E-state index in [0.717, 1.165) is 23.1 Å². The lowest BCUT2D eigenvalue weighted by Crippen LogP contribution is -2.46. The van der Waals surface area contributed by atoms with Crippen LogP contribution < -0.4 is 21.9 Å². The molecule has 178 valence electrons. The number of amides is 2. The number of aliphatic imine (C=N–C) groups is 1. The van der Waals surface area contributed by atoms with Crippen LogP contribution in [0.3, 0.4) is 0 Å². The van der Waals surface area contributed by atoms with Gasteiger partial charge in [-0.05, 0) is 52.4 Å². The smallest absolute Gasteiger partial charge is 0.326 e. The molecule has 0 saturated carbocycles. The van der Waals surface area contributed by atoms with E-state index in [1.54, 1.807) is 18.2 Å². The number of rotatable bonds is 9. The summed E-state index contributed by atoms with van der Waals surface area (Å²) in [7, 11) is 0. The topological polar surface area (TPSA) is 146 Å². The van der Waals surface area contributed by atoms with E-state index in [-0.39, 0.29) is 13.0 Å². The number of benzene rings is 3. The van der Waals surface area contributed by atoms with E-state index in [2.05, 4.69) is 33.2 Å². The lowest BCUT2D eigenvalue weighted by Gasteiger charge is -2.16. The van der Waals surface area contributed by atoms with Crippen LogP contribution in [-0.4, -0.2) is 41.8 Å². The summed E-state index contributed by atoms with van der Waals surface area (Å²) in [6.07, 6.45) is 2.20. The molecule has 0 aromatic heterocycles. The van der Waals surface area contributed by atoms with Crippen LogP contribution in [0.5, 0.6) is 0 Å². The zero-order chi connectivity index (χ0) is 24.8. The Bertz CT molecular complexity index is 1300. The second-order valence-electron chi connectivity index (χ2n) is 8.15. The predicted molar refractivity (Wildman–Crippen MR) is 132 cm³/mol. The van der Waals surface area contributed by atoms with Gasteiger partial charge in [0.1, 0.15) is 12.4 Å². The molecule has 0 bridgehead atoms. The standard InChI is InChI=1S/C26H25N5O4/c27-30-15-29-20-6-3-5-18(13-20)25(33)28-14-24(32)31-23(26(34)35)11-16-8-9-22-19(10-16)12-17-4-1-2-7-21(17)22/h1-10,13,15,23H,11-12,14,27H2,(H,28,33)(H,29,30)(H,31,32)(H,34,35). The number of fused-ring (bicyclic) bond motifs is 3. The van der Waals surface area contributed by atoms with E-state index < -0.39 is 23.8 Å². The molecule has 2 amide bonds. The molecule has 9 nitrogen and oxygen atoms in total. The average Bonchev–Trinajstić information content (AvgIpc) is 3.23. The number of hydrogen-bond acceptors (Lipinski definition) is 5. The molecule has 4 rings (SSSR count). The molecular formula is C26H25N5O4. The van der Waals surface area contributed by atoms with Crippen molar-refractivity contribution < 1.29 is 19.5 Å². The highest BCUT2D eigenvalue weighted by atomic mass is 16.4. The fourth-order valence-corrected chi connectivity index (χ4v) is 4.11. The number of hydrazine groups is 1. The largest absolute Gasteiger partial charge is 0.480 e. The number of carboxylic acid groups (broad SMARTS) is 1. The molecule has 0 radical (unpaired) electrons. The Morgan fingerprint density at radius 2 is 1.80 bits per heavy atom. The molecule has 35 heavy (non-hydrogen) atoms. The van der Waals surface area contributed by atoms with E-state index in [4.69, 9.17) is 5.84 Å². The lowest BCUT2D eigenvalue weighted by atomic mass is 9.99. The van der Waals surface area contributed by atoms with Gasteiger partial charge in [0.05, 0.1) is 12.2 Å². The predicted octanol–water partition coefficient (Wildman–Crippen LogP) is 1.92. The van der Waals surface area contributed by atoms with Gasteiger partial charge in [0.2, 0.25) is 5.91 Å². The van der Waals surface area contributed by atoms with Crippen LogP contribution in [0.25, 0.3) is 11.1 Å². The maximum atomic E-state index is 12.4. The summed E-state index contributed by atoms with van der Waals surface area (Å²) < 4.78 is 0. The Morgan fingerprint density at radius 1 is 1.00 bits per heavy atom. The monoisotopic (exact) mass is 471 g/mol. The van der Waals surface area contributed by atoms with Gasteiger partial charge in [0, 0.05) is 12.0 Å². The Morgan fingerprint density at radius 3 is 2.60 bits per heavy atom. The van der Waals surface area contributed by atoms with Crippen molar-refractivity contribution in [2.75, 3.05) is 6.54 Å². The number of carbonyl (C=O) groups excluding carboxylic acids is 2. The minimum atomic E-state index is -1.15. The van der Waals surface area contributed by atoms with Crippen molar-refractivity contribution in [1.82, 2.24) is 16.1 Å². The van der Waals surface area contributed by atoms with Crippen molar-refractivity contribution in [3.8, 4) is 11.1 Å². The Hall–Kier alpha value is -4.50. The molecule has 1 aliphatic carbocycles. The van der Waals surface area contributed by atoms with Gasteiger partial charge in [-0.3, -0.25) is 9.59 Å². The van der Waals surface area contributed by atoms with Crippen molar-refractivity contribution in [2.24, 2.45) is 10.8 Å². The van der Waals surface area contributed by atoms with Gasteiger partial charge in [-0.25, -0.2) is 15.6 Å². The molecular weight excluding hydrogens is 446 g/mol. The summed E-state index contributed by atoms with van der Waals surface area (Å²) in [5, 5.41) is 14.6. The zero-order valence-corrected chi connectivity index (χ0v) is 18.8. The van der Waals surface area contributed by atoms with Gasteiger partial charge < -0.3 is 21.2 Å². The highest BCUT2D eigenvalue weighted by Crippen LogP contribution is 2.36. The normalized spacial score (nSPS) is 12.5. The van der Waals surface area contributed by atoms with Gasteiger partial charge in [0.15, 0.2) is 0 Å². The minimum absolute atomic E-state index is 0.133. The third-order valence-corrected chi connectivity index (χ3v) is 5.74. The number of aliphatic carboxylic acids is 1. The summed E-state index contributed by atoms with van der Waals surface area (Å²) in [6, 6.07) is 19.4. The first-order valence-electron chi connectivity index (χ1n) is 11.0. The number of hydrogen-bond donors (Lipinski definition) is 5. The van der Waals surface area contributed by atoms with Gasteiger partial charge in [0.25, 0.3) is 5.91 Å². The van der Waals surface area contributed by atoms with Crippen LogP contribution in [0, 0.1) is 0 Å². The van der Waals surface area contributed by atoms with Crippen molar-refractivity contribution in [1.29, 1.82) is 0 Å². The molecule has 3 aromatic carbocycles. The second kappa shape index (κ2) is 10.6. The molecule has 1 aliphatic rings. The lowest BCUT2D eigenvalue weighted by molar-refractivity contribution is -0.141. The van der Waals surface area contributed by atoms with E-state index >= 15 is 0 Å². The molecule has 1 atom stereocenters. The molecule has 0 aliphatic heterocycles. The summed E-state index contributed by atoms with van der Waals surface area (Å²) in [5.41, 5.74) is 8.62. The van der Waals surface area contributed by atoms with Crippen molar-refractivity contribution in [2.45, 2.75) is 18.9 Å². The second-order valence-corrected chi connectivity index (χ2v) is 8.15. The average molecular weight is 472 g/mol. The highest BCUT2D eigenvalue weighted by Gasteiger charge is 2.23. The Balaban J connectivity index is 1.35. The first kappa shape index (κ1) is 23.7. The molecule has 0 fully saturated rings. The van der Waals surface area contributed by atoms with Crippen LogP contribution >= 0.6 is 0 Å². The van der Waals surface area contributed by atoms with Crippen molar-refractivity contribution >= 4 is 29.8 Å². The first-order valence-corrected chi connectivity index (χ1v) is 11.0. The summed E-state index contributed by atoms with van der Waals surface area (Å²) >= 11 is 0. The summed E-state index contributed by atoms with van der Waals surface area (Å²) in [6.45, 7) is -0.361. The maximum absolute atomic E-state index is 12.4.